The molecule has 1 atom stereocenters. The summed E-state index contributed by atoms with van der Waals surface area (Å²) in [6.45, 7) is 2.88. The van der Waals surface area contributed by atoms with Crippen molar-refractivity contribution in [3.63, 3.8) is 0 Å². The van der Waals surface area contributed by atoms with E-state index in [-0.39, 0.29) is 0 Å². The Labute approximate surface area is 111 Å². The Morgan fingerprint density at radius 1 is 1.47 bits per heavy atom. The number of ether oxygens (including phenoxy) is 1. The summed E-state index contributed by atoms with van der Waals surface area (Å²) in [5.41, 5.74) is 0. The lowest BCUT2D eigenvalue weighted by atomic mass is 9.97. The van der Waals surface area contributed by atoms with Gasteiger partial charge in [-0.15, -0.1) is 0 Å². The molecule has 1 aromatic rings. The molecule has 0 spiro atoms. The Kier molecular flexibility index (Phi) is 4.89. The Balaban J connectivity index is 1.77. The summed E-state index contributed by atoms with van der Waals surface area (Å²) in [7, 11) is 0. The van der Waals surface area contributed by atoms with Crippen LogP contribution in [0.5, 0.6) is 5.88 Å². The van der Waals surface area contributed by atoms with Crippen molar-refractivity contribution in [1.29, 1.82) is 0 Å². The van der Waals surface area contributed by atoms with Crippen LogP contribution in [0, 0.1) is 5.92 Å². The number of nitrogens with zero attached hydrogens (tertiary/aromatic N) is 1. The van der Waals surface area contributed by atoms with E-state index in [2.05, 4.69) is 10.3 Å². The van der Waals surface area contributed by atoms with Gasteiger partial charge in [-0.25, -0.2) is 4.98 Å². The van der Waals surface area contributed by atoms with E-state index in [0.717, 1.165) is 19.5 Å². The van der Waals surface area contributed by atoms with Gasteiger partial charge in [0.2, 0.25) is 5.88 Å². The molecule has 17 heavy (non-hydrogen) atoms. The lowest BCUT2D eigenvalue weighted by Gasteiger charge is -2.22. The average Bonchev–Trinajstić information content (AvgIpc) is 2.33. The third-order valence-corrected chi connectivity index (χ3v) is 3.42. The minimum Gasteiger partial charge on any atom is -0.477 e. The molecule has 0 saturated carbocycles. The highest BCUT2D eigenvalue weighted by Gasteiger charge is 2.13. The topological polar surface area (TPSA) is 34.1 Å². The van der Waals surface area contributed by atoms with Gasteiger partial charge in [0.15, 0.2) is 0 Å². The Morgan fingerprint density at radius 3 is 3.06 bits per heavy atom. The van der Waals surface area contributed by atoms with E-state index in [1.54, 1.807) is 12.3 Å². The van der Waals surface area contributed by atoms with Crippen LogP contribution in [0.3, 0.4) is 0 Å². The van der Waals surface area contributed by atoms with E-state index in [0.29, 0.717) is 28.5 Å². The second kappa shape index (κ2) is 6.43. The van der Waals surface area contributed by atoms with Crippen LogP contribution in [0.2, 0.25) is 10.0 Å². The molecular weight excluding hydrogens is 259 g/mol. The third-order valence-electron chi connectivity index (χ3n) is 2.94. The minimum absolute atomic E-state index is 0.472. The molecule has 1 fully saturated rings. The van der Waals surface area contributed by atoms with Gasteiger partial charge < -0.3 is 10.1 Å². The zero-order valence-corrected chi connectivity index (χ0v) is 11.1. The van der Waals surface area contributed by atoms with Crippen LogP contribution in [0.1, 0.15) is 19.3 Å². The average molecular weight is 275 g/mol. The lowest BCUT2D eigenvalue weighted by molar-refractivity contribution is 0.247. The molecule has 2 rings (SSSR count). The Morgan fingerprint density at radius 2 is 2.35 bits per heavy atom. The van der Waals surface area contributed by atoms with Gasteiger partial charge in [-0.2, -0.15) is 0 Å². The summed E-state index contributed by atoms with van der Waals surface area (Å²) in [5, 5.41) is 4.39. The molecular formula is C12H16Cl2N2O. The highest BCUT2D eigenvalue weighted by Crippen LogP contribution is 2.25. The first-order valence-electron chi connectivity index (χ1n) is 5.90. The molecule has 1 aliphatic rings. The molecule has 1 unspecified atom stereocenters. The van der Waals surface area contributed by atoms with E-state index < -0.39 is 0 Å². The Bertz CT molecular complexity index is 368. The lowest BCUT2D eigenvalue weighted by Crippen LogP contribution is -2.30. The van der Waals surface area contributed by atoms with Crippen LogP contribution in [-0.2, 0) is 0 Å². The molecule has 1 aromatic heterocycles. The maximum atomic E-state index is 5.97. The molecule has 3 nitrogen and oxygen atoms in total. The summed E-state index contributed by atoms with van der Waals surface area (Å²) < 4.78 is 5.57. The van der Waals surface area contributed by atoms with Gasteiger partial charge in [-0.05, 0) is 44.3 Å². The van der Waals surface area contributed by atoms with Crippen LogP contribution in [0.4, 0.5) is 0 Å². The number of hydrogen-bond acceptors (Lipinski definition) is 3. The van der Waals surface area contributed by atoms with Crippen LogP contribution in [-0.4, -0.2) is 24.7 Å². The Hall–Kier alpha value is -0.510. The van der Waals surface area contributed by atoms with Crippen molar-refractivity contribution in [2.75, 3.05) is 19.7 Å². The number of aromatic nitrogens is 1. The van der Waals surface area contributed by atoms with E-state index in [9.17, 15) is 0 Å². The van der Waals surface area contributed by atoms with Crippen molar-refractivity contribution in [2.45, 2.75) is 19.3 Å². The van der Waals surface area contributed by atoms with Crippen molar-refractivity contribution in [3.05, 3.63) is 22.3 Å². The van der Waals surface area contributed by atoms with E-state index in [4.69, 9.17) is 27.9 Å². The highest BCUT2D eigenvalue weighted by atomic mass is 35.5. The maximum Gasteiger partial charge on any atom is 0.232 e. The normalized spacial score (nSPS) is 20.2. The van der Waals surface area contributed by atoms with Gasteiger partial charge >= 0.3 is 0 Å². The monoisotopic (exact) mass is 274 g/mol. The highest BCUT2D eigenvalue weighted by molar-refractivity contribution is 6.35. The summed E-state index contributed by atoms with van der Waals surface area (Å²) in [6.07, 6.45) is 5.11. The van der Waals surface area contributed by atoms with Crippen LogP contribution in [0.25, 0.3) is 0 Å². The zero-order valence-electron chi connectivity index (χ0n) is 9.59. The quantitative estimate of drug-likeness (QED) is 0.916. The van der Waals surface area contributed by atoms with Crippen molar-refractivity contribution in [2.24, 2.45) is 5.92 Å². The van der Waals surface area contributed by atoms with Crippen molar-refractivity contribution < 1.29 is 4.74 Å². The molecule has 0 bridgehead atoms. The van der Waals surface area contributed by atoms with Gasteiger partial charge in [-0.3, -0.25) is 0 Å². The molecule has 1 saturated heterocycles. The van der Waals surface area contributed by atoms with Gasteiger partial charge in [-0.1, -0.05) is 23.2 Å². The van der Waals surface area contributed by atoms with E-state index in [1.165, 1.54) is 12.8 Å². The standard InChI is InChI=1S/C12H16Cl2N2O/c13-10-6-11(14)12(16-8-10)17-5-3-9-2-1-4-15-7-9/h6,8-9,15H,1-5,7H2. The fourth-order valence-corrected chi connectivity index (χ4v) is 2.44. The molecule has 2 heterocycles. The van der Waals surface area contributed by atoms with Crippen LogP contribution >= 0.6 is 23.2 Å². The summed E-state index contributed by atoms with van der Waals surface area (Å²) in [4.78, 5) is 4.06. The number of hydrogen-bond donors (Lipinski definition) is 1. The van der Waals surface area contributed by atoms with Gasteiger partial charge in [0.05, 0.1) is 11.6 Å². The smallest absolute Gasteiger partial charge is 0.232 e. The van der Waals surface area contributed by atoms with Crippen LogP contribution in [0.15, 0.2) is 12.3 Å². The molecule has 0 amide bonds. The maximum absolute atomic E-state index is 5.97. The number of rotatable bonds is 4. The van der Waals surface area contributed by atoms with Gasteiger partial charge in [0.1, 0.15) is 5.02 Å². The molecule has 0 radical (unpaired) electrons. The molecule has 1 N–H and O–H groups in total. The molecule has 0 aromatic carbocycles. The fraction of sp³-hybridized carbons (Fsp3) is 0.583. The van der Waals surface area contributed by atoms with Crippen molar-refractivity contribution in [1.82, 2.24) is 10.3 Å². The zero-order chi connectivity index (χ0) is 12.1. The van der Waals surface area contributed by atoms with Crippen LogP contribution < -0.4 is 10.1 Å². The molecule has 5 heteroatoms. The summed E-state index contributed by atoms with van der Waals surface area (Å²) >= 11 is 11.7. The SMILES string of the molecule is Clc1cnc(OCCC2CCCNC2)c(Cl)c1. The first kappa shape index (κ1) is 12.9. The predicted molar refractivity (Wildman–Crippen MR) is 70.0 cm³/mol. The molecule has 1 aliphatic heterocycles. The number of halogens is 2. The fourth-order valence-electron chi connectivity index (χ4n) is 2.00. The largest absolute Gasteiger partial charge is 0.477 e. The van der Waals surface area contributed by atoms with E-state index >= 15 is 0 Å². The molecule has 94 valence electrons. The molecule has 0 aliphatic carbocycles. The first-order chi connectivity index (χ1) is 8.25. The summed E-state index contributed by atoms with van der Waals surface area (Å²) in [5.74, 6) is 1.18. The van der Waals surface area contributed by atoms with Gasteiger partial charge in [0.25, 0.3) is 0 Å². The predicted octanol–water partition coefficient (Wildman–Crippen LogP) is 3.16. The second-order valence-corrected chi connectivity index (χ2v) is 5.13. The van der Waals surface area contributed by atoms with Gasteiger partial charge in [0, 0.05) is 6.20 Å². The second-order valence-electron chi connectivity index (χ2n) is 4.29. The first-order valence-corrected chi connectivity index (χ1v) is 6.66. The minimum atomic E-state index is 0.472. The van der Waals surface area contributed by atoms with Crippen molar-refractivity contribution >= 4 is 23.2 Å². The van der Waals surface area contributed by atoms with E-state index in [1.807, 2.05) is 0 Å². The summed E-state index contributed by atoms with van der Waals surface area (Å²) in [6, 6.07) is 1.65. The number of nitrogens with one attached hydrogen (secondary N) is 1. The van der Waals surface area contributed by atoms with Crippen molar-refractivity contribution in [3.8, 4) is 5.88 Å². The third kappa shape index (κ3) is 4.02. The number of pyridine rings is 1. The number of piperidine rings is 1.